The maximum Gasteiger partial charge on any atom is 0.155 e. The van der Waals surface area contributed by atoms with Crippen molar-refractivity contribution in [2.45, 2.75) is 20.8 Å². The van der Waals surface area contributed by atoms with Gasteiger partial charge >= 0.3 is 0 Å². The van der Waals surface area contributed by atoms with Gasteiger partial charge in [-0.3, -0.25) is 4.79 Å². The minimum Gasteiger partial charge on any atom is -0.302 e. The summed E-state index contributed by atoms with van der Waals surface area (Å²) in [7, 11) is 0. The Kier molecular flexibility index (Phi) is 3.11. The van der Waals surface area contributed by atoms with Gasteiger partial charge in [-0.1, -0.05) is 20.8 Å². The van der Waals surface area contributed by atoms with E-state index in [0.29, 0.717) is 12.6 Å². The van der Waals surface area contributed by atoms with Crippen molar-refractivity contribution in [2.75, 3.05) is 0 Å². The average molecular weight is 156 g/mol. The number of carbonyl (C=O) groups is 3. The molecule has 0 rings (SSSR count). The third-order valence-corrected chi connectivity index (χ3v) is 1.34. The molecule has 3 heteroatoms. The molecule has 0 bridgehead atoms. The second-order valence-corrected chi connectivity index (χ2v) is 3.41. The Morgan fingerprint density at radius 1 is 1.18 bits per heavy atom. The number of hydrogen-bond acceptors (Lipinski definition) is 3. The fourth-order valence-electron chi connectivity index (χ4n) is 0.656. The molecule has 0 unspecified atom stereocenters. The fraction of sp³-hybridized carbons (Fsp3) is 0.625. The van der Waals surface area contributed by atoms with E-state index in [1.54, 1.807) is 20.8 Å². The highest BCUT2D eigenvalue weighted by Crippen LogP contribution is 2.18. The molecular weight excluding hydrogens is 144 g/mol. The first-order chi connectivity index (χ1) is 4.93. The zero-order valence-electron chi connectivity index (χ0n) is 6.96. The molecule has 0 amide bonds. The second-order valence-electron chi connectivity index (χ2n) is 3.41. The van der Waals surface area contributed by atoms with Crippen LogP contribution in [0.5, 0.6) is 0 Å². The molecule has 0 heterocycles. The fourth-order valence-corrected chi connectivity index (χ4v) is 0.656. The van der Waals surface area contributed by atoms with Crippen LogP contribution in [-0.4, -0.2) is 18.4 Å². The first kappa shape index (κ1) is 10.0. The van der Waals surface area contributed by atoms with Crippen LogP contribution in [0.2, 0.25) is 0 Å². The number of rotatable bonds is 3. The Labute approximate surface area is 65.8 Å². The molecule has 0 aromatic carbocycles. The summed E-state index contributed by atoms with van der Waals surface area (Å²) in [6.45, 7) is 5.03. The Morgan fingerprint density at radius 3 is 1.64 bits per heavy atom. The van der Waals surface area contributed by atoms with Crippen LogP contribution >= 0.6 is 0 Å². The lowest BCUT2D eigenvalue weighted by atomic mass is 9.84. The standard InChI is InChI=1S/C8H12O3/c1-8(2,3)7(11)6(4-9)5-10/h4-6H,1-3H3. The highest BCUT2D eigenvalue weighted by molar-refractivity contribution is 6.07. The second kappa shape index (κ2) is 3.42. The van der Waals surface area contributed by atoms with Crippen LogP contribution in [0.15, 0.2) is 0 Å². The zero-order valence-corrected chi connectivity index (χ0v) is 6.96. The summed E-state index contributed by atoms with van der Waals surface area (Å²) in [5.41, 5.74) is -0.619. The van der Waals surface area contributed by atoms with Crippen molar-refractivity contribution >= 4 is 18.4 Å². The zero-order chi connectivity index (χ0) is 9.07. The maximum absolute atomic E-state index is 11.2. The Bertz CT molecular complexity index is 168. The number of carbonyl (C=O) groups excluding carboxylic acids is 3. The molecule has 3 nitrogen and oxygen atoms in total. The first-order valence-corrected chi connectivity index (χ1v) is 3.38. The molecule has 0 aromatic rings. The van der Waals surface area contributed by atoms with Gasteiger partial charge in [0.1, 0.15) is 18.5 Å². The molecule has 0 aliphatic rings. The van der Waals surface area contributed by atoms with Gasteiger partial charge in [-0.25, -0.2) is 0 Å². The van der Waals surface area contributed by atoms with Crippen LogP contribution in [0.25, 0.3) is 0 Å². The van der Waals surface area contributed by atoms with Crippen molar-refractivity contribution < 1.29 is 14.4 Å². The molecule has 0 saturated heterocycles. The van der Waals surface area contributed by atoms with Gasteiger partial charge in [0, 0.05) is 5.41 Å². The summed E-state index contributed by atoms with van der Waals surface area (Å²) in [4.78, 5) is 31.5. The van der Waals surface area contributed by atoms with Crippen LogP contribution in [0.3, 0.4) is 0 Å². The summed E-state index contributed by atoms with van der Waals surface area (Å²) in [6, 6.07) is 0. The molecule has 0 spiro atoms. The highest BCUT2D eigenvalue weighted by atomic mass is 16.2. The first-order valence-electron chi connectivity index (χ1n) is 3.38. The van der Waals surface area contributed by atoms with Crippen LogP contribution in [0.4, 0.5) is 0 Å². The van der Waals surface area contributed by atoms with Gasteiger partial charge in [0.2, 0.25) is 0 Å². The highest BCUT2D eigenvalue weighted by Gasteiger charge is 2.28. The number of hydrogen-bond donors (Lipinski definition) is 0. The van der Waals surface area contributed by atoms with E-state index in [-0.39, 0.29) is 5.78 Å². The van der Waals surface area contributed by atoms with E-state index in [9.17, 15) is 14.4 Å². The third-order valence-electron chi connectivity index (χ3n) is 1.34. The molecule has 0 saturated carbocycles. The summed E-state index contributed by atoms with van der Waals surface area (Å²) in [5.74, 6) is -1.42. The predicted octanol–water partition coefficient (Wildman–Crippen LogP) is 0.616. The normalized spacial score (nSPS) is 11.3. The van der Waals surface area contributed by atoms with E-state index < -0.39 is 11.3 Å². The van der Waals surface area contributed by atoms with Crippen molar-refractivity contribution in [3.63, 3.8) is 0 Å². The molecule has 0 aliphatic carbocycles. The monoisotopic (exact) mass is 156 g/mol. The van der Waals surface area contributed by atoms with Gasteiger partial charge in [0.15, 0.2) is 5.78 Å². The summed E-state index contributed by atoms with van der Waals surface area (Å²) in [6.07, 6.45) is 0.751. The van der Waals surface area contributed by atoms with Crippen LogP contribution < -0.4 is 0 Å². The Morgan fingerprint density at radius 2 is 1.55 bits per heavy atom. The number of ketones is 1. The van der Waals surface area contributed by atoms with E-state index in [2.05, 4.69) is 0 Å². The van der Waals surface area contributed by atoms with Crippen molar-refractivity contribution in [1.82, 2.24) is 0 Å². The van der Waals surface area contributed by atoms with Gasteiger partial charge in [-0.2, -0.15) is 0 Å². The smallest absolute Gasteiger partial charge is 0.155 e. The van der Waals surface area contributed by atoms with E-state index in [1.807, 2.05) is 0 Å². The van der Waals surface area contributed by atoms with Crippen molar-refractivity contribution in [3.8, 4) is 0 Å². The molecule has 11 heavy (non-hydrogen) atoms. The lowest BCUT2D eigenvalue weighted by Gasteiger charge is -2.17. The van der Waals surface area contributed by atoms with Gasteiger partial charge in [-0.15, -0.1) is 0 Å². The molecule has 0 atom stereocenters. The lowest BCUT2D eigenvalue weighted by molar-refractivity contribution is -0.136. The van der Waals surface area contributed by atoms with Crippen molar-refractivity contribution in [2.24, 2.45) is 11.3 Å². The minimum absolute atomic E-state index is 0.331. The third kappa shape index (κ3) is 2.62. The summed E-state index contributed by atoms with van der Waals surface area (Å²) < 4.78 is 0. The summed E-state index contributed by atoms with van der Waals surface area (Å²) >= 11 is 0. The van der Waals surface area contributed by atoms with Gasteiger partial charge in [0.05, 0.1) is 0 Å². The quantitative estimate of drug-likeness (QED) is 0.444. The number of aldehydes is 2. The minimum atomic E-state index is -1.09. The van der Waals surface area contributed by atoms with Gasteiger partial charge < -0.3 is 9.59 Å². The van der Waals surface area contributed by atoms with Crippen LogP contribution in [0, 0.1) is 11.3 Å². The Hall–Kier alpha value is -0.990. The molecule has 0 radical (unpaired) electrons. The van der Waals surface area contributed by atoms with E-state index in [0.717, 1.165) is 0 Å². The maximum atomic E-state index is 11.2. The van der Waals surface area contributed by atoms with E-state index >= 15 is 0 Å². The predicted molar refractivity (Wildman–Crippen MR) is 40.1 cm³/mol. The van der Waals surface area contributed by atoms with Crippen molar-refractivity contribution in [3.05, 3.63) is 0 Å². The average Bonchev–Trinajstić information content (AvgIpc) is 1.88. The molecular formula is C8H12O3. The molecule has 0 aromatic heterocycles. The largest absolute Gasteiger partial charge is 0.302 e. The van der Waals surface area contributed by atoms with Crippen LogP contribution in [0.1, 0.15) is 20.8 Å². The lowest BCUT2D eigenvalue weighted by Crippen LogP contribution is -2.30. The molecule has 0 fully saturated rings. The van der Waals surface area contributed by atoms with E-state index in [4.69, 9.17) is 0 Å². The van der Waals surface area contributed by atoms with Gasteiger partial charge in [-0.05, 0) is 0 Å². The van der Waals surface area contributed by atoms with Crippen molar-refractivity contribution in [1.29, 1.82) is 0 Å². The Balaban J connectivity index is 4.46. The van der Waals surface area contributed by atoms with Crippen LogP contribution in [-0.2, 0) is 14.4 Å². The molecule has 62 valence electrons. The topological polar surface area (TPSA) is 51.2 Å². The molecule has 0 aliphatic heterocycles. The van der Waals surface area contributed by atoms with E-state index in [1.165, 1.54) is 0 Å². The molecule has 0 N–H and O–H groups in total. The SMILES string of the molecule is CC(C)(C)C(=O)C(C=O)C=O. The van der Waals surface area contributed by atoms with Gasteiger partial charge in [0.25, 0.3) is 0 Å². The summed E-state index contributed by atoms with van der Waals surface area (Å²) in [5, 5.41) is 0. The number of Topliss-reactive ketones (excluding diaryl/α,β-unsaturated/α-hetero) is 1.